The summed E-state index contributed by atoms with van der Waals surface area (Å²) < 4.78 is 0. The number of rotatable bonds is 14. The van der Waals surface area contributed by atoms with E-state index in [-0.39, 0.29) is 30.0 Å². The van der Waals surface area contributed by atoms with Crippen molar-refractivity contribution in [1.29, 1.82) is 0 Å². The summed E-state index contributed by atoms with van der Waals surface area (Å²) in [5.41, 5.74) is 3.14. The third kappa shape index (κ3) is 8.21. The van der Waals surface area contributed by atoms with Gasteiger partial charge in [0.2, 0.25) is 0 Å². The zero-order chi connectivity index (χ0) is 24.2. The van der Waals surface area contributed by atoms with Crippen LogP contribution in [0.5, 0.6) is 0 Å². The highest BCUT2D eigenvalue weighted by Gasteiger charge is 2.27. The largest absolute Gasteiger partial charge is 0.382 e. The molecule has 2 aromatic carbocycles. The molecule has 0 saturated heterocycles. The summed E-state index contributed by atoms with van der Waals surface area (Å²) in [6.07, 6.45) is 8.84. The quantitative estimate of drug-likeness (QED) is 0.294. The molecule has 0 bridgehead atoms. The number of hydrogen-bond acceptors (Lipinski definition) is 2. The van der Waals surface area contributed by atoms with Gasteiger partial charge in [0.1, 0.15) is 0 Å². The van der Waals surface area contributed by atoms with E-state index >= 15 is 0 Å². The molecule has 2 atom stereocenters. The van der Waals surface area contributed by atoms with Gasteiger partial charge in [-0.3, -0.25) is 4.79 Å². The van der Waals surface area contributed by atoms with Crippen LogP contribution in [0.4, 0.5) is 5.69 Å². The van der Waals surface area contributed by atoms with Crippen LogP contribution >= 0.6 is 0 Å². The van der Waals surface area contributed by atoms with Crippen LogP contribution in [0.2, 0.25) is 0 Å². The molecule has 3 nitrogen and oxygen atoms in total. The summed E-state index contributed by atoms with van der Waals surface area (Å²) in [5.74, 6) is 0.364. The topological polar surface area (TPSA) is 32.3 Å². The van der Waals surface area contributed by atoms with E-state index < -0.39 is 0 Å². The number of para-hydroxylation sites is 1. The maximum atomic E-state index is 13.6. The summed E-state index contributed by atoms with van der Waals surface area (Å²) >= 11 is 0. The van der Waals surface area contributed by atoms with Gasteiger partial charge in [-0.25, -0.2) is 0 Å². The Bertz CT molecular complexity index is 807. The Morgan fingerprint density at radius 2 is 1.36 bits per heavy atom. The summed E-state index contributed by atoms with van der Waals surface area (Å²) in [7, 11) is 0. The molecule has 0 fully saturated rings. The van der Waals surface area contributed by atoms with Gasteiger partial charge in [-0.1, -0.05) is 88.8 Å². The molecule has 33 heavy (non-hydrogen) atoms. The highest BCUT2D eigenvalue weighted by atomic mass is 16.2. The van der Waals surface area contributed by atoms with Gasteiger partial charge in [-0.2, -0.15) is 0 Å². The summed E-state index contributed by atoms with van der Waals surface area (Å²) in [4.78, 5) is 15.6. The highest BCUT2D eigenvalue weighted by molar-refractivity contribution is 5.96. The van der Waals surface area contributed by atoms with Crippen LogP contribution in [0.25, 0.3) is 0 Å². The number of nitrogens with zero attached hydrogens (tertiary/aromatic N) is 1. The monoisotopic (exact) mass is 450 g/mol. The molecule has 2 rings (SSSR count). The number of carbonyl (C=O) groups is 1. The van der Waals surface area contributed by atoms with Gasteiger partial charge < -0.3 is 10.2 Å². The van der Waals surface area contributed by atoms with Gasteiger partial charge in [0.15, 0.2) is 0 Å². The van der Waals surface area contributed by atoms with Crippen LogP contribution < -0.4 is 5.32 Å². The summed E-state index contributed by atoms with van der Waals surface area (Å²) in [6.45, 7) is 12.9. The lowest BCUT2D eigenvalue weighted by molar-refractivity contribution is 0.0642. The van der Waals surface area contributed by atoms with E-state index in [0.717, 1.165) is 23.2 Å². The van der Waals surface area contributed by atoms with Crippen LogP contribution in [0.3, 0.4) is 0 Å². The zero-order valence-corrected chi connectivity index (χ0v) is 21.8. The molecular weight excluding hydrogens is 404 g/mol. The van der Waals surface area contributed by atoms with E-state index in [1.165, 1.54) is 38.5 Å². The van der Waals surface area contributed by atoms with Crippen molar-refractivity contribution < 1.29 is 4.79 Å². The molecule has 0 aromatic heterocycles. The van der Waals surface area contributed by atoms with Crippen molar-refractivity contribution in [1.82, 2.24) is 4.90 Å². The molecule has 3 heteroatoms. The van der Waals surface area contributed by atoms with Gasteiger partial charge in [0.25, 0.3) is 5.91 Å². The number of amides is 1. The first-order valence-corrected chi connectivity index (χ1v) is 13.1. The van der Waals surface area contributed by atoms with Crippen LogP contribution in [-0.4, -0.2) is 28.9 Å². The minimum absolute atomic E-state index is 0.139. The average Bonchev–Trinajstić information content (AvgIpc) is 2.80. The van der Waals surface area contributed by atoms with E-state index in [1.54, 1.807) is 0 Å². The first-order valence-electron chi connectivity index (χ1n) is 13.1. The van der Waals surface area contributed by atoms with E-state index in [9.17, 15) is 4.79 Å². The lowest BCUT2D eigenvalue weighted by atomic mass is 9.86. The van der Waals surface area contributed by atoms with Crippen molar-refractivity contribution in [3.05, 3.63) is 65.7 Å². The summed E-state index contributed by atoms with van der Waals surface area (Å²) in [5, 5.41) is 3.80. The first-order chi connectivity index (χ1) is 15.9. The number of anilines is 1. The lowest BCUT2D eigenvalue weighted by Crippen LogP contribution is -2.42. The number of benzene rings is 2. The van der Waals surface area contributed by atoms with Crippen molar-refractivity contribution in [3.8, 4) is 0 Å². The molecule has 182 valence electrons. The van der Waals surface area contributed by atoms with Gasteiger partial charge in [0.05, 0.1) is 0 Å². The maximum Gasteiger partial charge on any atom is 0.254 e. The molecule has 0 saturated carbocycles. The van der Waals surface area contributed by atoms with Crippen molar-refractivity contribution in [3.63, 3.8) is 0 Å². The van der Waals surface area contributed by atoms with E-state index in [0.29, 0.717) is 0 Å². The van der Waals surface area contributed by atoms with Crippen molar-refractivity contribution in [2.24, 2.45) is 0 Å². The van der Waals surface area contributed by atoms with Gasteiger partial charge in [0, 0.05) is 35.3 Å². The smallest absolute Gasteiger partial charge is 0.254 e. The Labute approximate surface area is 203 Å². The fourth-order valence-corrected chi connectivity index (χ4v) is 4.85. The van der Waals surface area contributed by atoms with Gasteiger partial charge in [-0.15, -0.1) is 0 Å². The lowest BCUT2D eigenvalue weighted by Gasteiger charge is -2.33. The predicted molar refractivity (Wildman–Crippen MR) is 143 cm³/mol. The fraction of sp³-hybridized carbons (Fsp3) is 0.567. The SMILES string of the molecule is CCCCCCCC[C@@H](Nc1ccccc1)[C@@H](C)c1ccccc1C(=O)N(C(C)C)C(C)C. The van der Waals surface area contributed by atoms with Gasteiger partial charge in [-0.05, 0) is 57.9 Å². The Kier molecular flexibility index (Phi) is 11.5. The highest BCUT2D eigenvalue weighted by Crippen LogP contribution is 2.30. The van der Waals surface area contributed by atoms with Crippen molar-refractivity contribution >= 4 is 11.6 Å². The third-order valence-corrected chi connectivity index (χ3v) is 6.63. The second kappa shape index (κ2) is 14.1. The normalized spacial score (nSPS) is 13.2. The average molecular weight is 451 g/mol. The Hall–Kier alpha value is -2.29. The number of hydrogen-bond donors (Lipinski definition) is 1. The Morgan fingerprint density at radius 3 is 2.00 bits per heavy atom. The van der Waals surface area contributed by atoms with Crippen molar-refractivity contribution in [2.75, 3.05) is 5.32 Å². The predicted octanol–water partition coefficient (Wildman–Crippen LogP) is 8.28. The molecule has 0 heterocycles. The molecule has 0 aliphatic heterocycles. The number of carbonyl (C=O) groups excluding carboxylic acids is 1. The fourth-order valence-electron chi connectivity index (χ4n) is 4.85. The van der Waals surface area contributed by atoms with E-state index in [1.807, 2.05) is 17.0 Å². The van der Waals surface area contributed by atoms with Crippen LogP contribution in [0.1, 0.15) is 108 Å². The first kappa shape index (κ1) is 27.0. The summed E-state index contributed by atoms with van der Waals surface area (Å²) in [6, 6.07) is 19.3. The standard InChI is InChI=1S/C30H46N2O/c1-7-8-9-10-11-15-22-29(31-26-18-13-12-14-19-26)25(6)27-20-16-17-21-28(27)30(33)32(23(2)3)24(4)5/h12-14,16-21,23-25,29,31H,7-11,15,22H2,1-6H3/t25-,29+/m0/s1. The number of unbranched alkanes of at least 4 members (excludes halogenated alkanes) is 5. The molecule has 1 N–H and O–H groups in total. The second-order valence-electron chi connectivity index (χ2n) is 9.95. The molecule has 0 aliphatic rings. The van der Waals surface area contributed by atoms with Crippen molar-refractivity contribution in [2.45, 2.75) is 111 Å². The zero-order valence-electron chi connectivity index (χ0n) is 21.8. The molecule has 0 radical (unpaired) electrons. The number of nitrogens with one attached hydrogen (secondary N) is 1. The Morgan fingerprint density at radius 1 is 0.788 bits per heavy atom. The molecule has 0 aliphatic carbocycles. The van der Waals surface area contributed by atoms with E-state index in [4.69, 9.17) is 0 Å². The minimum Gasteiger partial charge on any atom is -0.382 e. The molecular formula is C30H46N2O. The van der Waals surface area contributed by atoms with E-state index in [2.05, 4.69) is 89.3 Å². The second-order valence-corrected chi connectivity index (χ2v) is 9.95. The van der Waals surface area contributed by atoms with Crippen LogP contribution in [0.15, 0.2) is 54.6 Å². The minimum atomic E-state index is 0.139. The van der Waals surface area contributed by atoms with Crippen LogP contribution in [0, 0.1) is 0 Å². The van der Waals surface area contributed by atoms with Crippen LogP contribution in [-0.2, 0) is 0 Å². The third-order valence-electron chi connectivity index (χ3n) is 6.63. The molecule has 2 aromatic rings. The molecule has 0 spiro atoms. The van der Waals surface area contributed by atoms with Gasteiger partial charge >= 0.3 is 0 Å². The maximum absolute atomic E-state index is 13.6. The molecule has 1 amide bonds. The molecule has 0 unspecified atom stereocenters. The Balaban J connectivity index is 2.25.